The number of halogens is 1. The standard InChI is InChI=1S/C28H27FN4O3S/c1-3-13-33-14-12-23-21(15-33)25(20-6-4-5-7-22(20)30-23)27(35)36-17(2)26(34)32-28-31-24(16-37-28)18-8-10-19(29)11-9-18/h4-11,16-17H,3,12-15H2,1-2H3,(H,31,32,34). The van der Waals surface area contributed by atoms with Crippen molar-refractivity contribution in [1.82, 2.24) is 14.9 Å². The van der Waals surface area contributed by atoms with Gasteiger partial charge in [-0.3, -0.25) is 20.0 Å². The minimum absolute atomic E-state index is 0.329. The molecule has 1 N–H and O–H groups in total. The van der Waals surface area contributed by atoms with Gasteiger partial charge in [-0.25, -0.2) is 14.2 Å². The Morgan fingerprint density at radius 2 is 1.95 bits per heavy atom. The second-order valence-electron chi connectivity index (χ2n) is 9.04. The predicted octanol–water partition coefficient (Wildman–Crippen LogP) is 5.45. The van der Waals surface area contributed by atoms with Crippen LogP contribution in [0.1, 0.15) is 41.9 Å². The minimum Gasteiger partial charge on any atom is -0.449 e. The number of nitrogens with one attached hydrogen (secondary N) is 1. The lowest BCUT2D eigenvalue weighted by Gasteiger charge is -2.29. The Kier molecular flexibility index (Phi) is 7.25. The Bertz CT molecular complexity index is 1450. The number of fused-ring (bicyclic) bond motifs is 2. The highest BCUT2D eigenvalue weighted by Gasteiger charge is 2.28. The number of carbonyl (C=O) groups excluding carboxylic acids is 2. The van der Waals surface area contributed by atoms with E-state index >= 15 is 0 Å². The summed E-state index contributed by atoms with van der Waals surface area (Å²) in [6, 6.07) is 13.5. The molecule has 5 rings (SSSR count). The fourth-order valence-corrected chi connectivity index (χ4v) is 5.27. The average molecular weight is 519 g/mol. The maximum Gasteiger partial charge on any atom is 0.339 e. The van der Waals surface area contributed by atoms with E-state index in [0.717, 1.165) is 53.7 Å². The van der Waals surface area contributed by atoms with E-state index in [1.165, 1.54) is 23.5 Å². The molecule has 1 atom stereocenters. The minimum atomic E-state index is -1.04. The van der Waals surface area contributed by atoms with Gasteiger partial charge in [-0.15, -0.1) is 11.3 Å². The van der Waals surface area contributed by atoms with Gasteiger partial charge in [0, 0.05) is 47.1 Å². The van der Waals surface area contributed by atoms with E-state index in [1.807, 2.05) is 24.3 Å². The van der Waals surface area contributed by atoms with Crippen LogP contribution in [0, 0.1) is 5.82 Å². The number of carbonyl (C=O) groups is 2. The third-order valence-electron chi connectivity index (χ3n) is 6.40. The topological polar surface area (TPSA) is 84.4 Å². The van der Waals surface area contributed by atoms with Crippen molar-refractivity contribution in [3.63, 3.8) is 0 Å². The summed E-state index contributed by atoms with van der Waals surface area (Å²) in [5.74, 6) is -1.35. The number of ether oxygens (including phenoxy) is 1. The Balaban J connectivity index is 1.34. The van der Waals surface area contributed by atoms with Crippen LogP contribution in [0.25, 0.3) is 22.2 Å². The predicted molar refractivity (Wildman–Crippen MR) is 142 cm³/mol. The number of pyridine rings is 1. The average Bonchev–Trinajstić information content (AvgIpc) is 3.36. The summed E-state index contributed by atoms with van der Waals surface area (Å²) in [6.07, 6.45) is 0.743. The van der Waals surface area contributed by atoms with E-state index in [4.69, 9.17) is 9.72 Å². The number of anilines is 1. The first-order chi connectivity index (χ1) is 17.9. The zero-order valence-corrected chi connectivity index (χ0v) is 21.5. The van der Waals surface area contributed by atoms with Gasteiger partial charge in [-0.1, -0.05) is 25.1 Å². The Morgan fingerprint density at radius 3 is 2.73 bits per heavy atom. The van der Waals surface area contributed by atoms with E-state index in [0.29, 0.717) is 22.9 Å². The van der Waals surface area contributed by atoms with Gasteiger partial charge < -0.3 is 4.74 Å². The van der Waals surface area contributed by atoms with Crippen molar-refractivity contribution in [3.8, 4) is 11.3 Å². The molecular formula is C28H27FN4O3S. The van der Waals surface area contributed by atoms with Crippen LogP contribution in [0.5, 0.6) is 0 Å². The zero-order valence-electron chi connectivity index (χ0n) is 20.7. The Hall–Kier alpha value is -3.69. The first kappa shape index (κ1) is 25.0. The molecule has 1 aliphatic heterocycles. The van der Waals surface area contributed by atoms with Crippen LogP contribution in [0.15, 0.2) is 53.9 Å². The number of hydrogen-bond donors (Lipinski definition) is 1. The van der Waals surface area contributed by atoms with Crippen LogP contribution in [0.4, 0.5) is 9.52 Å². The molecule has 7 nitrogen and oxygen atoms in total. The summed E-state index contributed by atoms with van der Waals surface area (Å²) in [5, 5.41) is 5.59. The largest absolute Gasteiger partial charge is 0.449 e. The van der Waals surface area contributed by atoms with Crippen LogP contribution >= 0.6 is 11.3 Å². The molecule has 0 fully saturated rings. The molecule has 0 saturated heterocycles. The number of rotatable bonds is 7. The normalized spacial score (nSPS) is 14.2. The van der Waals surface area contributed by atoms with Crippen LogP contribution in [0.2, 0.25) is 0 Å². The van der Waals surface area contributed by atoms with Crippen LogP contribution < -0.4 is 5.32 Å². The second kappa shape index (κ2) is 10.7. The Morgan fingerprint density at radius 1 is 1.16 bits per heavy atom. The molecule has 37 heavy (non-hydrogen) atoms. The summed E-state index contributed by atoms with van der Waals surface area (Å²) >= 11 is 1.24. The number of aromatic nitrogens is 2. The van der Waals surface area contributed by atoms with E-state index in [-0.39, 0.29) is 5.82 Å². The third-order valence-corrected chi connectivity index (χ3v) is 7.15. The van der Waals surface area contributed by atoms with E-state index in [9.17, 15) is 14.0 Å². The lowest BCUT2D eigenvalue weighted by Crippen LogP contribution is -2.34. The fourth-order valence-electron chi connectivity index (χ4n) is 4.55. The van der Waals surface area contributed by atoms with E-state index in [1.54, 1.807) is 24.4 Å². The van der Waals surface area contributed by atoms with Crippen molar-refractivity contribution >= 4 is 39.2 Å². The van der Waals surface area contributed by atoms with Gasteiger partial charge in [0.15, 0.2) is 11.2 Å². The van der Waals surface area contributed by atoms with Crippen molar-refractivity contribution < 1.29 is 18.7 Å². The van der Waals surface area contributed by atoms with Crippen molar-refractivity contribution in [2.45, 2.75) is 39.3 Å². The SMILES string of the molecule is CCCN1CCc2nc3ccccc3c(C(=O)OC(C)C(=O)Nc3nc(-c4ccc(F)cc4)cs3)c2C1. The number of hydrogen-bond acceptors (Lipinski definition) is 7. The van der Waals surface area contributed by atoms with Crippen molar-refractivity contribution in [1.29, 1.82) is 0 Å². The monoisotopic (exact) mass is 518 g/mol. The number of benzene rings is 2. The molecule has 0 radical (unpaired) electrons. The molecule has 0 bridgehead atoms. The van der Waals surface area contributed by atoms with Crippen molar-refractivity contribution in [2.75, 3.05) is 18.4 Å². The highest BCUT2D eigenvalue weighted by atomic mass is 32.1. The molecule has 3 heterocycles. The summed E-state index contributed by atoms with van der Waals surface area (Å²) in [5.41, 5.74) is 4.37. The zero-order chi connectivity index (χ0) is 25.9. The lowest BCUT2D eigenvalue weighted by molar-refractivity contribution is -0.123. The number of thiazole rings is 1. The van der Waals surface area contributed by atoms with Gasteiger partial charge in [-0.05, 0) is 50.2 Å². The second-order valence-corrected chi connectivity index (χ2v) is 9.90. The van der Waals surface area contributed by atoms with Crippen LogP contribution in [-0.4, -0.2) is 45.9 Å². The number of para-hydroxylation sites is 1. The molecule has 0 spiro atoms. The molecule has 2 aromatic heterocycles. The number of esters is 1. The highest BCUT2D eigenvalue weighted by Crippen LogP contribution is 2.30. The number of nitrogens with zero attached hydrogens (tertiary/aromatic N) is 3. The molecule has 1 aliphatic rings. The molecule has 0 aliphatic carbocycles. The molecule has 1 unspecified atom stereocenters. The highest BCUT2D eigenvalue weighted by molar-refractivity contribution is 7.14. The number of amides is 1. The van der Waals surface area contributed by atoms with Crippen molar-refractivity contribution in [3.05, 3.63) is 76.5 Å². The molecule has 1 amide bonds. The Labute approximate surface area is 218 Å². The fraction of sp³-hybridized carbons (Fsp3) is 0.286. The maximum absolute atomic E-state index is 13.5. The van der Waals surface area contributed by atoms with Gasteiger partial charge in [-0.2, -0.15) is 0 Å². The third kappa shape index (κ3) is 5.38. The van der Waals surface area contributed by atoms with Gasteiger partial charge in [0.25, 0.3) is 5.91 Å². The molecule has 9 heteroatoms. The first-order valence-corrected chi connectivity index (χ1v) is 13.2. The van der Waals surface area contributed by atoms with Crippen LogP contribution in [0.3, 0.4) is 0 Å². The van der Waals surface area contributed by atoms with Gasteiger partial charge in [0.1, 0.15) is 5.82 Å². The summed E-state index contributed by atoms with van der Waals surface area (Å²) in [4.78, 5) is 37.9. The lowest BCUT2D eigenvalue weighted by atomic mass is 9.95. The first-order valence-electron chi connectivity index (χ1n) is 12.3. The van der Waals surface area contributed by atoms with Gasteiger partial charge >= 0.3 is 5.97 Å². The molecular weight excluding hydrogens is 491 g/mol. The van der Waals surface area contributed by atoms with Crippen LogP contribution in [-0.2, 0) is 22.5 Å². The summed E-state index contributed by atoms with van der Waals surface area (Å²) < 4.78 is 18.9. The molecule has 190 valence electrons. The maximum atomic E-state index is 13.5. The quantitative estimate of drug-likeness (QED) is 0.328. The smallest absolute Gasteiger partial charge is 0.339 e. The van der Waals surface area contributed by atoms with Crippen molar-refractivity contribution in [2.24, 2.45) is 0 Å². The molecule has 4 aromatic rings. The van der Waals surface area contributed by atoms with E-state index < -0.39 is 18.0 Å². The molecule has 0 saturated carbocycles. The van der Waals surface area contributed by atoms with E-state index in [2.05, 4.69) is 22.1 Å². The molecule has 2 aromatic carbocycles. The van der Waals surface area contributed by atoms with Gasteiger partial charge in [0.2, 0.25) is 0 Å². The summed E-state index contributed by atoms with van der Waals surface area (Å²) in [6.45, 7) is 6.13. The van der Waals surface area contributed by atoms with Gasteiger partial charge in [0.05, 0.1) is 16.8 Å². The summed E-state index contributed by atoms with van der Waals surface area (Å²) in [7, 11) is 0.